The van der Waals surface area contributed by atoms with Crippen molar-refractivity contribution in [3.8, 4) is 11.4 Å². The number of aromatic amines is 1. The Morgan fingerprint density at radius 2 is 2.33 bits per heavy atom. The molecular weight excluding hydrogens is 218 g/mol. The van der Waals surface area contributed by atoms with Gasteiger partial charge in [-0.05, 0) is 28.1 Å². The molecule has 0 unspecified atom stereocenters. The molecule has 12 heavy (non-hydrogen) atoms. The topological polar surface area (TPSA) is 41.6 Å². The van der Waals surface area contributed by atoms with Gasteiger partial charge in [0.05, 0.1) is 18.2 Å². The zero-order valence-corrected chi connectivity index (χ0v) is 7.75. The fourth-order valence-electron chi connectivity index (χ4n) is 0.969. The number of halogens is 1. The van der Waals surface area contributed by atoms with Crippen LogP contribution < -0.4 is 0 Å². The third kappa shape index (κ3) is 1.25. The summed E-state index contributed by atoms with van der Waals surface area (Å²) in [6.45, 7) is 0. The van der Waals surface area contributed by atoms with Crippen LogP contribution in [-0.4, -0.2) is 15.0 Å². The van der Waals surface area contributed by atoms with Crippen LogP contribution in [0.15, 0.2) is 35.3 Å². The summed E-state index contributed by atoms with van der Waals surface area (Å²) < 4.78 is 0.967. The molecule has 0 radical (unpaired) electrons. The molecule has 2 aromatic heterocycles. The van der Waals surface area contributed by atoms with Gasteiger partial charge in [0.15, 0.2) is 0 Å². The van der Waals surface area contributed by atoms with E-state index >= 15 is 0 Å². The van der Waals surface area contributed by atoms with Crippen molar-refractivity contribution in [2.24, 2.45) is 0 Å². The van der Waals surface area contributed by atoms with E-state index in [-0.39, 0.29) is 0 Å². The summed E-state index contributed by atoms with van der Waals surface area (Å²) in [6, 6.07) is 3.83. The van der Waals surface area contributed by atoms with Gasteiger partial charge < -0.3 is 4.98 Å². The summed E-state index contributed by atoms with van der Waals surface area (Å²) in [4.78, 5) is 11.1. The number of pyridine rings is 1. The fraction of sp³-hybridized carbons (Fsp3) is 0. The minimum Gasteiger partial charge on any atom is -0.343 e. The number of hydrogen-bond donors (Lipinski definition) is 1. The molecule has 60 valence electrons. The Labute approximate surface area is 78.0 Å². The van der Waals surface area contributed by atoms with E-state index in [0.717, 1.165) is 15.9 Å². The molecule has 0 aromatic carbocycles. The van der Waals surface area contributed by atoms with Gasteiger partial charge in [-0.3, -0.25) is 4.98 Å². The quantitative estimate of drug-likeness (QED) is 0.806. The van der Waals surface area contributed by atoms with Crippen LogP contribution in [0.3, 0.4) is 0 Å². The maximum Gasteiger partial charge on any atom is 0.102 e. The van der Waals surface area contributed by atoms with E-state index in [9.17, 15) is 0 Å². The molecule has 0 aliphatic heterocycles. The summed E-state index contributed by atoms with van der Waals surface area (Å²) in [5.74, 6) is 0. The maximum atomic E-state index is 4.20. The summed E-state index contributed by atoms with van der Waals surface area (Å²) in [5, 5.41) is 0. The normalized spacial score (nSPS) is 10.1. The highest BCUT2D eigenvalue weighted by Gasteiger charge is 2.03. The zero-order valence-electron chi connectivity index (χ0n) is 6.16. The van der Waals surface area contributed by atoms with Crippen molar-refractivity contribution in [1.29, 1.82) is 0 Å². The van der Waals surface area contributed by atoms with Gasteiger partial charge in [0.25, 0.3) is 0 Å². The summed E-state index contributed by atoms with van der Waals surface area (Å²) in [5.41, 5.74) is 1.80. The number of imidazole rings is 1. The molecule has 0 fully saturated rings. The van der Waals surface area contributed by atoms with Gasteiger partial charge in [0.2, 0.25) is 0 Å². The predicted octanol–water partition coefficient (Wildman–Crippen LogP) is 2.23. The first-order valence-corrected chi connectivity index (χ1v) is 4.26. The molecule has 0 saturated carbocycles. The second-order valence-electron chi connectivity index (χ2n) is 2.30. The largest absolute Gasteiger partial charge is 0.343 e. The van der Waals surface area contributed by atoms with Crippen molar-refractivity contribution < 1.29 is 0 Å². The van der Waals surface area contributed by atoms with Gasteiger partial charge in [-0.15, -0.1) is 0 Å². The van der Waals surface area contributed by atoms with Gasteiger partial charge in [-0.1, -0.05) is 0 Å². The van der Waals surface area contributed by atoms with E-state index in [2.05, 4.69) is 30.9 Å². The molecule has 0 atom stereocenters. The summed E-state index contributed by atoms with van der Waals surface area (Å²) >= 11 is 3.41. The summed E-state index contributed by atoms with van der Waals surface area (Å²) in [7, 11) is 0. The number of nitrogens with one attached hydrogen (secondary N) is 1. The average molecular weight is 224 g/mol. The molecular formula is C8H6BrN3. The van der Waals surface area contributed by atoms with Gasteiger partial charge >= 0.3 is 0 Å². The lowest BCUT2D eigenvalue weighted by atomic mass is 10.3. The van der Waals surface area contributed by atoms with E-state index in [1.165, 1.54) is 0 Å². The first kappa shape index (κ1) is 7.49. The Morgan fingerprint density at radius 1 is 1.42 bits per heavy atom. The van der Waals surface area contributed by atoms with Gasteiger partial charge in [-0.2, -0.15) is 0 Å². The number of nitrogens with zero attached hydrogens (tertiary/aromatic N) is 2. The van der Waals surface area contributed by atoms with Crippen molar-refractivity contribution in [2.45, 2.75) is 0 Å². The highest BCUT2D eigenvalue weighted by atomic mass is 79.9. The molecule has 1 N–H and O–H groups in total. The molecule has 0 bridgehead atoms. The number of hydrogen-bond acceptors (Lipinski definition) is 2. The number of H-pyrrole nitrogens is 1. The van der Waals surface area contributed by atoms with Crippen molar-refractivity contribution >= 4 is 15.9 Å². The highest BCUT2D eigenvalue weighted by molar-refractivity contribution is 9.10. The Kier molecular flexibility index (Phi) is 1.91. The third-order valence-electron chi connectivity index (χ3n) is 1.51. The number of aromatic nitrogens is 3. The van der Waals surface area contributed by atoms with Crippen molar-refractivity contribution in [2.75, 3.05) is 0 Å². The maximum absolute atomic E-state index is 4.20. The second kappa shape index (κ2) is 3.06. The molecule has 0 aliphatic carbocycles. The van der Waals surface area contributed by atoms with Gasteiger partial charge in [0, 0.05) is 10.7 Å². The second-order valence-corrected chi connectivity index (χ2v) is 3.15. The smallest absolute Gasteiger partial charge is 0.102 e. The van der Waals surface area contributed by atoms with Crippen LogP contribution in [0.1, 0.15) is 0 Å². The van der Waals surface area contributed by atoms with Crippen LogP contribution in [0.2, 0.25) is 0 Å². The SMILES string of the molecule is Brc1cccnc1-c1cnc[nH]1. The van der Waals surface area contributed by atoms with Crippen LogP contribution in [-0.2, 0) is 0 Å². The van der Waals surface area contributed by atoms with Crippen LogP contribution in [0, 0.1) is 0 Å². The number of rotatable bonds is 1. The lowest BCUT2D eigenvalue weighted by molar-refractivity contribution is 1.26. The first-order valence-electron chi connectivity index (χ1n) is 3.47. The van der Waals surface area contributed by atoms with E-state index < -0.39 is 0 Å². The molecule has 2 heterocycles. The lowest BCUT2D eigenvalue weighted by Gasteiger charge is -1.97. The Hall–Kier alpha value is -1.16. The molecule has 0 saturated heterocycles. The first-order chi connectivity index (χ1) is 5.88. The third-order valence-corrected chi connectivity index (χ3v) is 2.15. The monoisotopic (exact) mass is 223 g/mol. The molecule has 2 rings (SSSR count). The van der Waals surface area contributed by atoms with E-state index in [4.69, 9.17) is 0 Å². The molecule has 0 aliphatic rings. The molecule has 0 spiro atoms. The predicted molar refractivity (Wildman–Crippen MR) is 49.5 cm³/mol. The van der Waals surface area contributed by atoms with E-state index in [0.29, 0.717) is 0 Å². The van der Waals surface area contributed by atoms with E-state index in [1.54, 1.807) is 18.7 Å². The zero-order chi connectivity index (χ0) is 8.39. The van der Waals surface area contributed by atoms with Crippen LogP contribution in [0.25, 0.3) is 11.4 Å². The minimum absolute atomic E-state index is 0.884. The van der Waals surface area contributed by atoms with Crippen molar-refractivity contribution in [3.05, 3.63) is 35.3 Å². The van der Waals surface area contributed by atoms with Crippen molar-refractivity contribution in [1.82, 2.24) is 15.0 Å². The average Bonchev–Trinajstić information content (AvgIpc) is 2.57. The molecule has 3 nitrogen and oxygen atoms in total. The van der Waals surface area contributed by atoms with Gasteiger partial charge in [0.1, 0.15) is 5.69 Å². The van der Waals surface area contributed by atoms with Crippen LogP contribution in [0.4, 0.5) is 0 Å². The van der Waals surface area contributed by atoms with Crippen molar-refractivity contribution in [3.63, 3.8) is 0 Å². The molecule has 4 heteroatoms. The Morgan fingerprint density at radius 3 is 3.00 bits per heavy atom. The molecule has 0 amide bonds. The van der Waals surface area contributed by atoms with Crippen LogP contribution >= 0.6 is 15.9 Å². The lowest BCUT2D eigenvalue weighted by Crippen LogP contribution is -1.83. The molecule has 2 aromatic rings. The van der Waals surface area contributed by atoms with Crippen LogP contribution in [0.5, 0.6) is 0 Å². The highest BCUT2D eigenvalue weighted by Crippen LogP contribution is 2.22. The minimum atomic E-state index is 0.884. The standard InChI is InChI=1S/C8H6BrN3/c9-6-2-1-3-11-8(6)7-4-10-5-12-7/h1-5H,(H,10,12). The van der Waals surface area contributed by atoms with Gasteiger partial charge in [-0.25, -0.2) is 4.98 Å². The summed E-state index contributed by atoms with van der Waals surface area (Å²) in [6.07, 6.45) is 5.13. The fourth-order valence-corrected chi connectivity index (χ4v) is 1.44. The Bertz CT molecular complexity index is 370. The Balaban J connectivity index is 2.55. The van der Waals surface area contributed by atoms with E-state index in [1.807, 2.05) is 12.1 Å².